The molecule has 0 saturated heterocycles. The van der Waals surface area contributed by atoms with Crippen molar-refractivity contribution in [3.8, 4) is 11.5 Å². The molecule has 0 unspecified atom stereocenters. The molecule has 5 heteroatoms. The molecule has 1 rings (SSSR count). The van der Waals surface area contributed by atoms with Gasteiger partial charge in [0.05, 0.1) is 6.61 Å². The van der Waals surface area contributed by atoms with Gasteiger partial charge in [0, 0.05) is 18.2 Å². The van der Waals surface area contributed by atoms with Crippen LogP contribution in [0.2, 0.25) is 0 Å². The molecule has 17 heavy (non-hydrogen) atoms. The smallest absolute Gasteiger partial charge is 0.162 e. The van der Waals surface area contributed by atoms with Gasteiger partial charge in [-0.2, -0.15) is 0 Å². The fraction of sp³-hybridized carbons (Fsp3) is 0.500. The summed E-state index contributed by atoms with van der Waals surface area (Å²) in [5.41, 5.74) is 6.59. The third-order valence-electron chi connectivity index (χ3n) is 2.40. The van der Waals surface area contributed by atoms with E-state index in [9.17, 15) is 5.11 Å². The van der Waals surface area contributed by atoms with E-state index in [0.29, 0.717) is 30.8 Å². The number of halogens is 1. The summed E-state index contributed by atoms with van der Waals surface area (Å²) in [4.78, 5) is 0. The van der Waals surface area contributed by atoms with Crippen molar-refractivity contribution in [1.29, 1.82) is 0 Å². The lowest BCUT2D eigenvalue weighted by Gasteiger charge is -2.15. The lowest BCUT2D eigenvalue weighted by Crippen LogP contribution is -2.11. The highest BCUT2D eigenvalue weighted by molar-refractivity contribution is 5.85. The Morgan fingerprint density at radius 1 is 1.41 bits per heavy atom. The molecule has 1 aromatic rings. The summed E-state index contributed by atoms with van der Waals surface area (Å²) < 4.78 is 5.28. The van der Waals surface area contributed by atoms with Crippen molar-refractivity contribution in [2.45, 2.75) is 25.8 Å². The highest BCUT2D eigenvalue weighted by Gasteiger charge is 2.13. The minimum absolute atomic E-state index is 0. The summed E-state index contributed by atoms with van der Waals surface area (Å²) >= 11 is 0. The topological polar surface area (TPSA) is 75.7 Å². The zero-order valence-electron chi connectivity index (χ0n) is 9.93. The van der Waals surface area contributed by atoms with E-state index >= 15 is 0 Å². The van der Waals surface area contributed by atoms with Crippen LogP contribution in [0.15, 0.2) is 18.2 Å². The zero-order valence-corrected chi connectivity index (χ0v) is 10.7. The van der Waals surface area contributed by atoms with Crippen LogP contribution in [-0.2, 0) is 0 Å². The number of hydrogen-bond acceptors (Lipinski definition) is 4. The van der Waals surface area contributed by atoms with Crippen LogP contribution >= 0.6 is 12.4 Å². The Labute approximate surface area is 108 Å². The minimum atomic E-state index is -0.271. The number of ether oxygens (including phenoxy) is 1. The van der Waals surface area contributed by atoms with Gasteiger partial charge in [0.15, 0.2) is 11.5 Å². The third-order valence-corrected chi connectivity index (χ3v) is 2.40. The molecule has 0 spiro atoms. The van der Waals surface area contributed by atoms with Crippen molar-refractivity contribution in [2.75, 3.05) is 13.2 Å². The largest absolute Gasteiger partial charge is 0.504 e. The fourth-order valence-corrected chi connectivity index (χ4v) is 1.58. The molecule has 0 aliphatic rings. The van der Waals surface area contributed by atoms with Gasteiger partial charge < -0.3 is 20.7 Å². The van der Waals surface area contributed by atoms with E-state index in [4.69, 9.17) is 15.6 Å². The number of para-hydroxylation sites is 1. The Morgan fingerprint density at radius 3 is 2.71 bits per heavy atom. The first kappa shape index (κ1) is 16.0. The van der Waals surface area contributed by atoms with Crippen LogP contribution in [0, 0.1) is 0 Å². The molecule has 4 N–H and O–H groups in total. The van der Waals surface area contributed by atoms with Crippen molar-refractivity contribution in [2.24, 2.45) is 5.73 Å². The summed E-state index contributed by atoms with van der Waals surface area (Å²) in [5.74, 6) is 0.564. The zero-order chi connectivity index (χ0) is 12.0. The van der Waals surface area contributed by atoms with Crippen LogP contribution in [0.5, 0.6) is 11.5 Å². The van der Waals surface area contributed by atoms with Crippen molar-refractivity contribution in [3.05, 3.63) is 23.8 Å². The van der Waals surface area contributed by atoms with E-state index in [0.717, 1.165) is 0 Å². The lowest BCUT2D eigenvalue weighted by molar-refractivity contribution is 0.278. The second kappa shape index (κ2) is 8.17. The van der Waals surface area contributed by atoms with Crippen LogP contribution in [0.25, 0.3) is 0 Å². The van der Waals surface area contributed by atoms with Crippen LogP contribution in [0.3, 0.4) is 0 Å². The number of rotatable bonds is 6. The number of phenols is 1. The summed E-state index contributed by atoms with van der Waals surface area (Å²) in [6.45, 7) is 2.47. The summed E-state index contributed by atoms with van der Waals surface area (Å²) in [6.07, 6.45) is 1.26. The number of aliphatic hydroxyl groups is 1. The molecule has 1 atom stereocenters. The average Bonchev–Trinajstić information content (AvgIpc) is 2.29. The van der Waals surface area contributed by atoms with Crippen LogP contribution in [0.1, 0.15) is 31.4 Å². The normalized spacial score (nSPS) is 11.7. The molecule has 0 aliphatic heterocycles. The fourth-order valence-electron chi connectivity index (χ4n) is 1.58. The van der Waals surface area contributed by atoms with Crippen molar-refractivity contribution < 1.29 is 14.9 Å². The molecular formula is C12H20ClNO3. The molecule has 0 aromatic heterocycles. The molecule has 0 bridgehead atoms. The molecule has 1 aromatic carbocycles. The molecule has 98 valence electrons. The Morgan fingerprint density at radius 2 is 2.12 bits per heavy atom. The van der Waals surface area contributed by atoms with Gasteiger partial charge in [-0.15, -0.1) is 12.4 Å². The van der Waals surface area contributed by atoms with Crippen molar-refractivity contribution >= 4 is 12.4 Å². The summed E-state index contributed by atoms with van der Waals surface area (Å²) in [7, 11) is 0. The highest BCUT2D eigenvalue weighted by atomic mass is 35.5. The van der Waals surface area contributed by atoms with Gasteiger partial charge >= 0.3 is 0 Å². The van der Waals surface area contributed by atoms with Gasteiger partial charge in [-0.05, 0) is 25.8 Å². The Balaban J connectivity index is 0.00000256. The standard InChI is InChI=1S/C12H19NO3.ClH/c1-2-16-11-7-3-5-9(12(11)15)10(13)6-4-8-14;/h3,5,7,10,14-15H,2,4,6,8,13H2,1H3;1H/t10-;/m0./s1. The Hall–Kier alpha value is -0.970. The number of aromatic hydroxyl groups is 1. The van der Waals surface area contributed by atoms with Gasteiger partial charge in [-0.1, -0.05) is 12.1 Å². The molecule has 0 saturated carbocycles. The molecular weight excluding hydrogens is 242 g/mol. The van der Waals surface area contributed by atoms with Gasteiger partial charge in [0.2, 0.25) is 0 Å². The van der Waals surface area contributed by atoms with E-state index < -0.39 is 0 Å². The summed E-state index contributed by atoms with van der Waals surface area (Å²) in [5, 5.41) is 18.6. The maximum Gasteiger partial charge on any atom is 0.162 e. The lowest BCUT2D eigenvalue weighted by atomic mass is 10.0. The average molecular weight is 262 g/mol. The van der Waals surface area contributed by atoms with Gasteiger partial charge in [-0.25, -0.2) is 0 Å². The van der Waals surface area contributed by atoms with Crippen molar-refractivity contribution in [3.63, 3.8) is 0 Å². The number of hydrogen-bond donors (Lipinski definition) is 3. The SMILES string of the molecule is CCOc1cccc([C@@H](N)CCCO)c1O.Cl. The maximum atomic E-state index is 9.92. The number of aliphatic hydroxyl groups excluding tert-OH is 1. The summed E-state index contributed by atoms with van der Waals surface area (Å²) in [6, 6.07) is 5.02. The van der Waals surface area contributed by atoms with E-state index in [1.54, 1.807) is 18.2 Å². The van der Waals surface area contributed by atoms with Crippen LogP contribution < -0.4 is 10.5 Å². The molecule has 0 radical (unpaired) electrons. The molecule has 0 heterocycles. The Kier molecular flexibility index (Phi) is 7.70. The number of nitrogens with two attached hydrogens (primary N) is 1. The molecule has 0 amide bonds. The predicted octanol–water partition coefficient (Wildman–Crippen LogP) is 1.99. The van der Waals surface area contributed by atoms with E-state index in [-0.39, 0.29) is 30.8 Å². The second-order valence-electron chi connectivity index (χ2n) is 3.60. The Bertz CT molecular complexity index is 334. The highest BCUT2D eigenvalue weighted by Crippen LogP contribution is 2.34. The monoisotopic (exact) mass is 261 g/mol. The van der Waals surface area contributed by atoms with E-state index in [1.165, 1.54) is 0 Å². The number of benzene rings is 1. The van der Waals surface area contributed by atoms with Gasteiger partial charge in [-0.3, -0.25) is 0 Å². The number of phenolic OH excluding ortho intramolecular Hbond substituents is 1. The second-order valence-corrected chi connectivity index (χ2v) is 3.60. The molecule has 4 nitrogen and oxygen atoms in total. The first-order chi connectivity index (χ1) is 7.70. The maximum absolute atomic E-state index is 9.92. The first-order valence-corrected chi connectivity index (χ1v) is 5.51. The van der Waals surface area contributed by atoms with Crippen molar-refractivity contribution in [1.82, 2.24) is 0 Å². The quantitative estimate of drug-likeness (QED) is 0.732. The van der Waals surface area contributed by atoms with Gasteiger partial charge in [0.25, 0.3) is 0 Å². The predicted molar refractivity (Wildman–Crippen MR) is 69.8 cm³/mol. The van der Waals surface area contributed by atoms with Crippen LogP contribution in [-0.4, -0.2) is 23.4 Å². The van der Waals surface area contributed by atoms with Crippen LogP contribution in [0.4, 0.5) is 0 Å². The van der Waals surface area contributed by atoms with E-state index in [2.05, 4.69) is 0 Å². The molecule has 0 fully saturated rings. The van der Waals surface area contributed by atoms with Gasteiger partial charge in [0.1, 0.15) is 0 Å². The first-order valence-electron chi connectivity index (χ1n) is 5.51. The molecule has 0 aliphatic carbocycles. The third kappa shape index (κ3) is 4.42. The minimum Gasteiger partial charge on any atom is -0.504 e. The van der Waals surface area contributed by atoms with E-state index in [1.807, 2.05) is 6.92 Å².